The second kappa shape index (κ2) is 5.62. The summed E-state index contributed by atoms with van der Waals surface area (Å²) in [6, 6.07) is 0. The van der Waals surface area contributed by atoms with Gasteiger partial charge in [-0.25, -0.2) is 5.90 Å². The van der Waals surface area contributed by atoms with Crippen LogP contribution in [-0.2, 0) is 24.9 Å². The molecule has 5 heteroatoms. The van der Waals surface area contributed by atoms with Gasteiger partial charge in [-0.05, 0) is 6.42 Å². The van der Waals surface area contributed by atoms with Crippen LogP contribution in [0.1, 0.15) is 32.2 Å². The highest BCUT2D eigenvalue weighted by Gasteiger charge is 2.11. The summed E-state index contributed by atoms with van der Waals surface area (Å²) >= 11 is 0. The van der Waals surface area contributed by atoms with Gasteiger partial charge in [0.2, 0.25) is 0 Å². The van der Waals surface area contributed by atoms with Crippen molar-refractivity contribution >= 4 is 5.69 Å². The van der Waals surface area contributed by atoms with Crippen molar-refractivity contribution in [3.8, 4) is 0 Å². The Balaban J connectivity index is 0.00000169. The molecule has 0 spiro atoms. The van der Waals surface area contributed by atoms with Crippen LogP contribution in [0.4, 0.5) is 5.69 Å². The van der Waals surface area contributed by atoms with Crippen molar-refractivity contribution in [1.29, 1.82) is 0 Å². The van der Waals surface area contributed by atoms with Crippen LogP contribution in [0.25, 0.3) is 0 Å². The van der Waals surface area contributed by atoms with Gasteiger partial charge in [0.25, 0.3) is 0 Å². The van der Waals surface area contributed by atoms with Gasteiger partial charge in [-0.1, -0.05) is 20.8 Å². The van der Waals surface area contributed by atoms with Gasteiger partial charge in [-0.15, -0.1) is 0 Å². The Bertz CT molecular complexity index is 283. The third-order valence-corrected chi connectivity index (χ3v) is 1.99. The first-order valence-electron chi connectivity index (χ1n) is 4.32. The second-order valence-electron chi connectivity index (χ2n) is 2.99. The molecule has 0 atom stereocenters. The summed E-state index contributed by atoms with van der Waals surface area (Å²) in [5, 5.41) is 4.27. The zero-order valence-electron chi connectivity index (χ0n) is 8.08. The fourth-order valence-corrected chi connectivity index (χ4v) is 1.31. The molecule has 0 radical (unpaired) electrons. The molecule has 4 N–H and O–H groups in total. The Morgan fingerprint density at radius 2 is 2.14 bits per heavy atom. The molecule has 5 nitrogen and oxygen atoms in total. The number of anilines is 1. The Labute approximate surface area is 85.0 Å². The second-order valence-corrected chi connectivity index (χ2v) is 2.99. The van der Waals surface area contributed by atoms with E-state index in [0.29, 0.717) is 12.3 Å². The van der Waals surface area contributed by atoms with Crippen LogP contribution in [0, 0.1) is 0 Å². The number of nitrogens with zero attached hydrogens (tertiary/aromatic N) is 2. The first-order valence-corrected chi connectivity index (χ1v) is 4.32. The van der Waals surface area contributed by atoms with Gasteiger partial charge in [0, 0.05) is 7.05 Å². The van der Waals surface area contributed by atoms with Gasteiger partial charge < -0.3 is 5.73 Å². The molecule has 0 aromatic carbocycles. The average molecular weight is 200 g/mol. The average Bonchev–Trinajstić information content (AvgIpc) is 2.34. The predicted molar refractivity (Wildman–Crippen MR) is 57.3 cm³/mol. The van der Waals surface area contributed by atoms with E-state index in [9.17, 15) is 0 Å². The van der Waals surface area contributed by atoms with Crippen molar-refractivity contribution in [3.63, 3.8) is 0 Å². The number of aromatic nitrogens is 2. The van der Waals surface area contributed by atoms with Crippen LogP contribution >= 0.6 is 0 Å². The molecule has 1 aromatic heterocycles. The molecular formula is C9H20N4O. The molecule has 0 aliphatic rings. The maximum atomic E-state index is 5.86. The van der Waals surface area contributed by atoms with E-state index in [1.807, 2.05) is 7.05 Å². The van der Waals surface area contributed by atoms with Crippen molar-refractivity contribution in [2.75, 3.05) is 5.73 Å². The van der Waals surface area contributed by atoms with E-state index in [-0.39, 0.29) is 7.43 Å². The van der Waals surface area contributed by atoms with Gasteiger partial charge in [0.1, 0.15) is 6.61 Å². The quantitative estimate of drug-likeness (QED) is 0.710. The highest BCUT2D eigenvalue weighted by atomic mass is 16.6. The zero-order chi connectivity index (χ0) is 9.84. The molecule has 14 heavy (non-hydrogen) atoms. The molecule has 0 unspecified atom stereocenters. The Morgan fingerprint density at radius 1 is 1.50 bits per heavy atom. The van der Waals surface area contributed by atoms with Crippen LogP contribution in [-0.4, -0.2) is 9.78 Å². The molecule has 82 valence electrons. The Kier molecular flexibility index (Phi) is 5.19. The predicted octanol–water partition coefficient (Wildman–Crippen LogP) is 0.981. The molecule has 0 amide bonds. The molecule has 0 saturated carbocycles. The first kappa shape index (κ1) is 12.9. The van der Waals surface area contributed by atoms with Crippen molar-refractivity contribution < 1.29 is 4.84 Å². The third-order valence-electron chi connectivity index (χ3n) is 1.99. The minimum absolute atomic E-state index is 0. The van der Waals surface area contributed by atoms with Crippen molar-refractivity contribution in [2.45, 2.75) is 33.8 Å². The van der Waals surface area contributed by atoms with E-state index >= 15 is 0 Å². The van der Waals surface area contributed by atoms with Crippen LogP contribution in [0.2, 0.25) is 0 Å². The van der Waals surface area contributed by atoms with Gasteiger partial charge in [-0.3, -0.25) is 9.52 Å². The van der Waals surface area contributed by atoms with Crippen molar-refractivity contribution in [2.24, 2.45) is 12.9 Å². The van der Waals surface area contributed by atoms with Gasteiger partial charge in [-0.2, -0.15) is 5.10 Å². The maximum Gasteiger partial charge on any atom is 0.112 e. The summed E-state index contributed by atoms with van der Waals surface area (Å²) < 4.78 is 1.72. The number of rotatable bonds is 4. The van der Waals surface area contributed by atoms with E-state index in [4.69, 9.17) is 11.6 Å². The summed E-state index contributed by atoms with van der Waals surface area (Å²) in [5.41, 5.74) is 8.33. The molecule has 0 saturated heterocycles. The highest BCUT2D eigenvalue weighted by Crippen LogP contribution is 2.17. The van der Waals surface area contributed by atoms with E-state index in [0.717, 1.165) is 24.2 Å². The summed E-state index contributed by atoms with van der Waals surface area (Å²) in [7, 11) is 1.84. The lowest BCUT2D eigenvalue weighted by Gasteiger charge is -1.99. The Morgan fingerprint density at radius 3 is 2.64 bits per heavy atom. The number of nitrogen functional groups attached to an aromatic ring is 1. The Hall–Kier alpha value is -1.07. The van der Waals surface area contributed by atoms with E-state index in [1.165, 1.54) is 0 Å². The molecule has 1 rings (SSSR count). The lowest BCUT2D eigenvalue weighted by Crippen LogP contribution is -2.06. The van der Waals surface area contributed by atoms with E-state index in [2.05, 4.69) is 16.9 Å². The maximum absolute atomic E-state index is 5.86. The molecule has 0 bridgehead atoms. The normalized spacial score (nSPS) is 9.93. The minimum Gasteiger partial charge on any atom is -0.396 e. The number of aryl methyl sites for hydroxylation is 2. The van der Waals surface area contributed by atoms with Crippen LogP contribution in [0.5, 0.6) is 0 Å². The lowest BCUT2D eigenvalue weighted by atomic mass is 10.2. The number of hydrogen-bond acceptors (Lipinski definition) is 4. The standard InChI is InChI=1S/C8H16N4O.CH4/c1-3-4-6-8(9)7(5-13-10)12(2)11-6;/h3-5,9-10H2,1-2H3;1H4. The van der Waals surface area contributed by atoms with Gasteiger partial charge in [0.05, 0.1) is 17.1 Å². The fraction of sp³-hybridized carbons (Fsp3) is 0.667. The van der Waals surface area contributed by atoms with Gasteiger partial charge >= 0.3 is 0 Å². The highest BCUT2D eigenvalue weighted by molar-refractivity contribution is 5.48. The minimum atomic E-state index is 0. The number of nitrogens with two attached hydrogens (primary N) is 2. The van der Waals surface area contributed by atoms with Crippen LogP contribution < -0.4 is 11.6 Å². The molecule has 0 fully saturated rings. The SMILES string of the molecule is C.CCCc1nn(C)c(CON)c1N. The zero-order valence-corrected chi connectivity index (χ0v) is 8.08. The smallest absolute Gasteiger partial charge is 0.112 e. The number of hydrogen-bond donors (Lipinski definition) is 2. The summed E-state index contributed by atoms with van der Waals surface area (Å²) in [5.74, 6) is 4.98. The lowest BCUT2D eigenvalue weighted by molar-refractivity contribution is 0.119. The van der Waals surface area contributed by atoms with Crippen molar-refractivity contribution in [3.05, 3.63) is 11.4 Å². The van der Waals surface area contributed by atoms with E-state index in [1.54, 1.807) is 4.68 Å². The van der Waals surface area contributed by atoms with Crippen LogP contribution in [0.15, 0.2) is 0 Å². The summed E-state index contributed by atoms with van der Waals surface area (Å²) in [4.78, 5) is 4.54. The first-order chi connectivity index (χ1) is 6.20. The molecule has 0 aliphatic heterocycles. The largest absolute Gasteiger partial charge is 0.396 e. The van der Waals surface area contributed by atoms with Gasteiger partial charge in [0.15, 0.2) is 0 Å². The fourth-order valence-electron chi connectivity index (χ4n) is 1.31. The molecule has 0 aliphatic carbocycles. The van der Waals surface area contributed by atoms with Crippen molar-refractivity contribution in [1.82, 2.24) is 9.78 Å². The molecule has 1 aromatic rings. The topological polar surface area (TPSA) is 79.1 Å². The van der Waals surface area contributed by atoms with E-state index < -0.39 is 0 Å². The van der Waals surface area contributed by atoms with Crippen LogP contribution in [0.3, 0.4) is 0 Å². The summed E-state index contributed by atoms with van der Waals surface area (Å²) in [6.45, 7) is 2.40. The molecular weight excluding hydrogens is 180 g/mol. The molecule has 1 heterocycles. The third kappa shape index (κ3) is 2.46. The monoisotopic (exact) mass is 200 g/mol. The summed E-state index contributed by atoms with van der Waals surface area (Å²) in [6.07, 6.45) is 1.92.